The first-order valence-electron chi connectivity index (χ1n) is 10.6. The molecule has 3 aromatic heterocycles. The lowest BCUT2D eigenvalue weighted by atomic mass is 9.99. The second-order valence-electron chi connectivity index (χ2n) is 7.86. The number of anilines is 1. The summed E-state index contributed by atoms with van der Waals surface area (Å²) < 4.78 is 12.6. The number of pyridine rings is 1. The van der Waals surface area contributed by atoms with E-state index in [4.69, 9.17) is 14.5 Å². The van der Waals surface area contributed by atoms with Gasteiger partial charge in [0.15, 0.2) is 10.8 Å². The Bertz CT molecular complexity index is 1340. The predicted octanol–water partition coefficient (Wildman–Crippen LogP) is 4.61. The lowest BCUT2D eigenvalue weighted by Gasteiger charge is -2.11. The third kappa shape index (κ3) is 4.41. The van der Waals surface area contributed by atoms with Gasteiger partial charge in [0, 0.05) is 35.5 Å². The summed E-state index contributed by atoms with van der Waals surface area (Å²) in [6.45, 7) is 6.05. The van der Waals surface area contributed by atoms with Crippen molar-refractivity contribution in [2.45, 2.75) is 33.6 Å². The van der Waals surface area contributed by atoms with E-state index in [1.54, 1.807) is 18.9 Å². The van der Waals surface area contributed by atoms with Crippen molar-refractivity contribution in [1.29, 1.82) is 0 Å². The third-order valence-electron chi connectivity index (χ3n) is 5.77. The van der Waals surface area contributed by atoms with E-state index in [1.807, 2.05) is 44.5 Å². The Hall–Kier alpha value is -3.46. The van der Waals surface area contributed by atoms with Gasteiger partial charge in [-0.15, -0.1) is 11.3 Å². The third-order valence-corrected chi connectivity index (χ3v) is 6.52. The Kier molecular flexibility index (Phi) is 6.33. The van der Waals surface area contributed by atoms with Crippen molar-refractivity contribution in [3.63, 3.8) is 0 Å². The summed E-state index contributed by atoms with van der Waals surface area (Å²) in [5, 5.41) is 10.9. The summed E-state index contributed by atoms with van der Waals surface area (Å²) in [5.41, 5.74) is 6.51. The number of hydrogen-bond acceptors (Lipinski definition) is 7. The molecule has 0 unspecified atom stereocenters. The number of carbonyl (C=O) groups excluding carboxylic acids is 1. The summed E-state index contributed by atoms with van der Waals surface area (Å²) >= 11 is 1.38. The Morgan fingerprint density at radius 3 is 2.64 bits per heavy atom. The van der Waals surface area contributed by atoms with Gasteiger partial charge in [-0.1, -0.05) is 0 Å². The average Bonchev–Trinajstić information content (AvgIpc) is 3.36. The molecule has 0 saturated carbocycles. The van der Waals surface area contributed by atoms with Crippen molar-refractivity contribution in [2.24, 2.45) is 7.05 Å². The molecule has 4 aromatic rings. The van der Waals surface area contributed by atoms with Crippen molar-refractivity contribution < 1.29 is 14.3 Å². The molecule has 9 heteroatoms. The van der Waals surface area contributed by atoms with Gasteiger partial charge in [-0.05, 0) is 56.5 Å². The number of fused-ring (bicyclic) bond motifs is 1. The SMILES string of the molecule is COc1ccc(OC)c(-c2csc(NC(=O)CCc3c(C)nc4c(c(C)nn4C)c3C)n2)c1. The number of hydrogen-bond donors (Lipinski definition) is 1. The molecule has 0 atom stereocenters. The first-order valence-corrected chi connectivity index (χ1v) is 11.5. The van der Waals surface area contributed by atoms with E-state index in [9.17, 15) is 4.79 Å². The molecule has 0 fully saturated rings. The largest absolute Gasteiger partial charge is 0.497 e. The number of ether oxygens (including phenoxy) is 2. The van der Waals surface area contributed by atoms with Gasteiger partial charge >= 0.3 is 0 Å². The highest BCUT2D eigenvalue weighted by molar-refractivity contribution is 7.14. The minimum absolute atomic E-state index is 0.0877. The zero-order valence-corrected chi connectivity index (χ0v) is 20.5. The van der Waals surface area contributed by atoms with Crippen LogP contribution in [0.4, 0.5) is 5.13 Å². The zero-order valence-electron chi connectivity index (χ0n) is 19.6. The van der Waals surface area contributed by atoms with E-state index in [1.165, 1.54) is 11.3 Å². The maximum atomic E-state index is 12.7. The van der Waals surface area contributed by atoms with Crippen LogP contribution in [0.1, 0.15) is 28.9 Å². The molecule has 0 saturated heterocycles. The monoisotopic (exact) mass is 465 g/mol. The van der Waals surface area contributed by atoms with Crippen LogP contribution in [0.15, 0.2) is 23.6 Å². The van der Waals surface area contributed by atoms with E-state index in [-0.39, 0.29) is 5.91 Å². The van der Waals surface area contributed by atoms with E-state index in [2.05, 4.69) is 22.3 Å². The first kappa shape index (κ1) is 22.7. The van der Waals surface area contributed by atoms with Crippen LogP contribution in [0.3, 0.4) is 0 Å². The van der Waals surface area contributed by atoms with Crippen LogP contribution in [-0.4, -0.2) is 39.9 Å². The van der Waals surface area contributed by atoms with E-state index < -0.39 is 0 Å². The number of amides is 1. The quantitative estimate of drug-likeness (QED) is 0.429. The lowest BCUT2D eigenvalue weighted by molar-refractivity contribution is -0.116. The molecular weight excluding hydrogens is 438 g/mol. The minimum Gasteiger partial charge on any atom is -0.497 e. The summed E-state index contributed by atoms with van der Waals surface area (Å²) in [4.78, 5) is 22.0. The summed E-state index contributed by atoms with van der Waals surface area (Å²) in [6, 6.07) is 5.54. The average molecular weight is 466 g/mol. The number of rotatable bonds is 7. The van der Waals surface area contributed by atoms with Gasteiger partial charge < -0.3 is 14.8 Å². The molecule has 4 rings (SSSR count). The van der Waals surface area contributed by atoms with Crippen LogP contribution in [-0.2, 0) is 18.3 Å². The number of methoxy groups -OCH3 is 2. The zero-order chi connectivity index (χ0) is 23.7. The van der Waals surface area contributed by atoms with Crippen molar-refractivity contribution in [2.75, 3.05) is 19.5 Å². The number of carbonyl (C=O) groups is 1. The number of aryl methyl sites for hydroxylation is 4. The molecule has 172 valence electrons. The fourth-order valence-electron chi connectivity index (χ4n) is 4.12. The van der Waals surface area contributed by atoms with Crippen LogP contribution in [0.25, 0.3) is 22.3 Å². The number of thiazole rings is 1. The molecule has 33 heavy (non-hydrogen) atoms. The number of aromatic nitrogens is 4. The molecule has 1 amide bonds. The van der Waals surface area contributed by atoms with Crippen LogP contribution in [0.2, 0.25) is 0 Å². The predicted molar refractivity (Wildman–Crippen MR) is 130 cm³/mol. The van der Waals surface area contributed by atoms with Crippen LogP contribution < -0.4 is 14.8 Å². The molecule has 0 spiro atoms. The smallest absolute Gasteiger partial charge is 0.226 e. The standard InChI is InChI=1S/C24H27N5O3S/c1-13-17(14(2)25-23-22(13)15(3)28-29(23)4)8-10-21(30)27-24-26-19(12-33-24)18-11-16(31-5)7-9-20(18)32-6/h7,9,11-12H,8,10H2,1-6H3,(H,26,27,30). The number of benzene rings is 1. The number of nitrogens with one attached hydrogen (secondary N) is 1. The fraction of sp³-hybridized carbons (Fsp3) is 0.333. The van der Waals surface area contributed by atoms with Gasteiger partial charge in [-0.2, -0.15) is 5.10 Å². The van der Waals surface area contributed by atoms with Gasteiger partial charge in [0.1, 0.15) is 11.5 Å². The Balaban J connectivity index is 1.48. The normalized spacial score (nSPS) is 11.1. The topological polar surface area (TPSA) is 91.2 Å². The molecule has 1 aromatic carbocycles. The Labute approximate surface area is 196 Å². The maximum Gasteiger partial charge on any atom is 0.226 e. The van der Waals surface area contributed by atoms with Crippen molar-refractivity contribution in [1.82, 2.24) is 19.7 Å². The number of nitrogens with zero attached hydrogens (tertiary/aromatic N) is 4. The Morgan fingerprint density at radius 1 is 1.12 bits per heavy atom. The molecule has 0 radical (unpaired) electrons. The van der Waals surface area contributed by atoms with Gasteiger partial charge in [0.2, 0.25) is 5.91 Å². The molecule has 0 aliphatic rings. The fourth-order valence-corrected chi connectivity index (χ4v) is 4.85. The van der Waals surface area contributed by atoms with Crippen molar-refractivity contribution in [3.8, 4) is 22.8 Å². The highest BCUT2D eigenvalue weighted by Crippen LogP contribution is 2.35. The van der Waals surface area contributed by atoms with E-state index in [0.29, 0.717) is 29.5 Å². The first-order chi connectivity index (χ1) is 15.8. The lowest BCUT2D eigenvalue weighted by Crippen LogP contribution is -2.13. The minimum atomic E-state index is -0.0877. The van der Waals surface area contributed by atoms with Crippen molar-refractivity contribution >= 4 is 33.4 Å². The van der Waals surface area contributed by atoms with Gasteiger partial charge in [-0.25, -0.2) is 9.97 Å². The molecule has 8 nitrogen and oxygen atoms in total. The summed E-state index contributed by atoms with van der Waals surface area (Å²) in [5.74, 6) is 1.32. The van der Waals surface area contributed by atoms with E-state index >= 15 is 0 Å². The highest BCUT2D eigenvalue weighted by Gasteiger charge is 2.17. The second-order valence-corrected chi connectivity index (χ2v) is 8.72. The molecule has 0 bridgehead atoms. The molecule has 1 N–H and O–H groups in total. The molecule has 0 aliphatic heterocycles. The second kappa shape index (κ2) is 9.19. The molecule has 3 heterocycles. The van der Waals surface area contributed by atoms with Crippen molar-refractivity contribution in [3.05, 3.63) is 46.1 Å². The molecular formula is C24H27N5O3S. The summed E-state index contributed by atoms with van der Waals surface area (Å²) in [7, 11) is 5.13. The summed E-state index contributed by atoms with van der Waals surface area (Å²) in [6.07, 6.45) is 0.939. The van der Waals surface area contributed by atoms with Gasteiger partial charge in [0.05, 0.1) is 25.6 Å². The van der Waals surface area contributed by atoms with Crippen LogP contribution in [0.5, 0.6) is 11.5 Å². The van der Waals surface area contributed by atoms with Crippen LogP contribution in [0, 0.1) is 20.8 Å². The maximum absolute atomic E-state index is 12.7. The van der Waals surface area contributed by atoms with E-state index in [0.717, 1.165) is 44.8 Å². The van der Waals surface area contributed by atoms with Gasteiger partial charge in [0.25, 0.3) is 0 Å². The highest BCUT2D eigenvalue weighted by atomic mass is 32.1. The van der Waals surface area contributed by atoms with Gasteiger partial charge in [-0.3, -0.25) is 9.48 Å². The van der Waals surface area contributed by atoms with Crippen LogP contribution >= 0.6 is 11.3 Å². The molecule has 0 aliphatic carbocycles. The Morgan fingerprint density at radius 2 is 1.91 bits per heavy atom.